The lowest BCUT2D eigenvalue weighted by Gasteiger charge is -2.58. The van der Waals surface area contributed by atoms with E-state index in [1.54, 1.807) is 5.57 Å². The predicted molar refractivity (Wildman–Crippen MR) is 125 cm³/mol. The predicted octanol–water partition coefficient (Wildman–Crippen LogP) is 6.34. The van der Waals surface area contributed by atoms with Gasteiger partial charge in [0.05, 0.1) is 12.7 Å². The van der Waals surface area contributed by atoms with Crippen LogP contribution in [-0.2, 0) is 0 Å². The van der Waals surface area contributed by atoms with Gasteiger partial charge in [0.15, 0.2) is 0 Å². The third kappa shape index (κ3) is 3.46. The molecule has 1 N–H and O–H groups in total. The van der Waals surface area contributed by atoms with Crippen LogP contribution in [0.4, 0.5) is 0 Å². The van der Waals surface area contributed by atoms with Gasteiger partial charge in [-0.05, 0) is 105 Å². The molecule has 0 spiro atoms. The molecule has 0 aliphatic heterocycles. The van der Waals surface area contributed by atoms with Crippen molar-refractivity contribution in [1.82, 2.24) is 4.98 Å². The van der Waals surface area contributed by atoms with Crippen LogP contribution in [0.5, 0.6) is 5.88 Å². The Labute approximate surface area is 188 Å². The first-order valence-corrected chi connectivity index (χ1v) is 12.7. The van der Waals surface area contributed by atoms with Crippen molar-refractivity contribution >= 4 is 0 Å². The molecular formula is C28H41NO2. The third-order valence-electron chi connectivity index (χ3n) is 10.3. The van der Waals surface area contributed by atoms with Gasteiger partial charge in [0.2, 0.25) is 5.88 Å². The Kier molecular flexibility index (Phi) is 5.48. The SMILES string of the molecule is Cc1cccnc1OC[C@@H](C)[C@H]1CC[C@H]2[C@@H]3CC=C4C[C@@H](O)CC[C@]4(C)[C@H]3CC[C@]12C. The highest BCUT2D eigenvalue weighted by molar-refractivity contribution is 5.26. The maximum atomic E-state index is 10.2. The second kappa shape index (κ2) is 7.90. The van der Waals surface area contributed by atoms with Gasteiger partial charge >= 0.3 is 0 Å². The minimum atomic E-state index is -0.107. The first kappa shape index (κ1) is 21.5. The first-order valence-electron chi connectivity index (χ1n) is 12.7. The molecule has 0 radical (unpaired) electrons. The van der Waals surface area contributed by atoms with E-state index < -0.39 is 0 Å². The summed E-state index contributed by atoms with van der Waals surface area (Å²) in [5.41, 5.74) is 3.49. The van der Waals surface area contributed by atoms with Gasteiger partial charge in [-0.2, -0.15) is 0 Å². The monoisotopic (exact) mass is 423 g/mol. The minimum Gasteiger partial charge on any atom is -0.477 e. The van der Waals surface area contributed by atoms with Crippen LogP contribution >= 0.6 is 0 Å². The minimum absolute atomic E-state index is 0.107. The van der Waals surface area contributed by atoms with Gasteiger partial charge in [-0.25, -0.2) is 4.98 Å². The summed E-state index contributed by atoms with van der Waals surface area (Å²) in [6, 6.07) is 4.06. The second-order valence-electron chi connectivity index (χ2n) is 11.8. The fourth-order valence-electron chi connectivity index (χ4n) is 8.57. The van der Waals surface area contributed by atoms with Crippen LogP contribution in [0.1, 0.15) is 77.7 Å². The van der Waals surface area contributed by atoms with Crippen molar-refractivity contribution in [2.24, 2.45) is 40.4 Å². The molecule has 31 heavy (non-hydrogen) atoms. The number of aliphatic hydroxyl groups excluding tert-OH is 1. The van der Waals surface area contributed by atoms with Crippen LogP contribution in [0, 0.1) is 47.3 Å². The Hall–Kier alpha value is -1.35. The van der Waals surface area contributed by atoms with E-state index in [1.807, 2.05) is 12.3 Å². The lowest BCUT2D eigenvalue weighted by molar-refractivity contribution is -0.0592. The van der Waals surface area contributed by atoms with E-state index in [-0.39, 0.29) is 6.10 Å². The zero-order valence-corrected chi connectivity index (χ0v) is 19.9. The lowest BCUT2D eigenvalue weighted by atomic mass is 9.47. The number of hydrogen-bond acceptors (Lipinski definition) is 3. The van der Waals surface area contributed by atoms with Gasteiger partial charge in [-0.1, -0.05) is 38.5 Å². The van der Waals surface area contributed by atoms with Gasteiger partial charge < -0.3 is 9.84 Å². The maximum Gasteiger partial charge on any atom is 0.216 e. The summed E-state index contributed by atoms with van der Waals surface area (Å²) in [7, 11) is 0. The molecule has 3 fully saturated rings. The average Bonchev–Trinajstić information content (AvgIpc) is 3.11. The van der Waals surface area contributed by atoms with Crippen LogP contribution in [0.15, 0.2) is 30.0 Å². The Balaban J connectivity index is 1.31. The highest BCUT2D eigenvalue weighted by atomic mass is 16.5. The first-order chi connectivity index (χ1) is 14.8. The van der Waals surface area contributed by atoms with Crippen LogP contribution in [0.3, 0.4) is 0 Å². The van der Waals surface area contributed by atoms with Crippen LogP contribution < -0.4 is 4.74 Å². The molecule has 1 aromatic heterocycles. The van der Waals surface area contributed by atoms with Crippen molar-refractivity contribution in [2.45, 2.75) is 85.2 Å². The maximum absolute atomic E-state index is 10.2. The molecule has 3 heteroatoms. The number of pyridine rings is 1. The average molecular weight is 424 g/mol. The molecule has 170 valence electrons. The Morgan fingerprint density at radius 1 is 1.16 bits per heavy atom. The molecule has 4 aliphatic rings. The molecule has 1 aromatic rings. The quantitative estimate of drug-likeness (QED) is 0.574. The Bertz CT molecular complexity index is 849. The van der Waals surface area contributed by atoms with E-state index >= 15 is 0 Å². The smallest absolute Gasteiger partial charge is 0.216 e. The summed E-state index contributed by atoms with van der Waals surface area (Å²) < 4.78 is 6.19. The number of aromatic nitrogens is 1. The topological polar surface area (TPSA) is 42.4 Å². The third-order valence-corrected chi connectivity index (χ3v) is 10.3. The van der Waals surface area contributed by atoms with Crippen molar-refractivity contribution in [3.8, 4) is 5.88 Å². The summed E-state index contributed by atoms with van der Waals surface area (Å²) in [5.74, 6) is 4.60. The molecular weight excluding hydrogens is 382 g/mol. The van der Waals surface area contributed by atoms with Crippen molar-refractivity contribution in [3.05, 3.63) is 35.5 Å². The van der Waals surface area contributed by atoms with E-state index in [0.717, 1.165) is 54.6 Å². The summed E-state index contributed by atoms with van der Waals surface area (Å²) in [5, 5.41) is 10.2. The van der Waals surface area contributed by atoms with Crippen LogP contribution in [-0.4, -0.2) is 22.8 Å². The fraction of sp³-hybridized carbons (Fsp3) is 0.750. The van der Waals surface area contributed by atoms with Gasteiger partial charge in [0.1, 0.15) is 0 Å². The lowest BCUT2D eigenvalue weighted by Crippen LogP contribution is -2.51. The van der Waals surface area contributed by atoms with Crippen molar-refractivity contribution < 1.29 is 9.84 Å². The van der Waals surface area contributed by atoms with E-state index in [1.165, 1.54) is 38.5 Å². The molecule has 0 saturated heterocycles. The zero-order chi connectivity index (χ0) is 21.8. The zero-order valence-electron chi connectivity index (χ0n) is 19.9. The number of aryl methyl sites for hydroxylation is 1. The van der Waals surface area contributed by atoms with Gasteiger partial charge in [-0.15, -0.1) is 0 Å². The van der Waals surface area contributed by atoms with E-state index in [9.17, 15) is 5.11 Å². The summed E-state index contributed by atoms with van der Waals surface area (Å²) in [6.07, 6.45) is 14.1. The molecule has 3 saturated carbocycles. The summed E-state index contributed by atoms with van der Waals surface area (Å²) >= 11 is 0. The van der Waals surface area contributed by atoms with Crippen molar-refractivity contribution in [1.29, 1.82) is 0 Å². The van der Waals surface area contributed by atoms with E-state index in [2.05, 4.69) is 44.8 Å². The number of nitrogens with zero attached hydrogens (tertiary/aromatic N) is 1. The highest BCUT2D eigenvalue weighted by Crippen LogP contribution is 2.67. The normalized spacial score (nSPS) is 42.7. The number of rotatable bonds is 4. The summed E-state index contributed by atoms with van der Waals surface area (Å²) in [4.78, 5) is 4.43. The molecule has 1 heterocycles. The number of allylic oxidation sites excluding steroid dienone is 1. The number of hydrogen-bond donors (Lipinski definition) is 1. The second-order valence-corrected chi connectivity index (χ2v) is 11.8. The molecule has 3 nitrogen and oxygen atoms in total. The Morgan fingerprint density at radius 2 is 2.00 bits per heavy atom. The van der Waals surface area contributed by atoms with Gasteiger partial charge in [-0.3, -0.25) is 0 Å². The molecule has 4 aliphatic carbocycles. The molecule has 5 rings (SSSR count). The molecule has 0 unspecified atom stereocenters. The molecule has 0 bridgehead atoms. The van der Waals surface area contributed by atoms with Crippen molar-refractivity contribution in [3.63, 3.8) is 0 Å². The van der Waals surface area contributed by atoms with Gasteiger partial charge in [0.25, 0.3) is 0 Å². The van der Waals surface area contributed by atoms with E-state index in [4.69, 9.17) is 4.74 Å². The van der Waals surface area contributed by atoms with Crippen LogP contribution in [0.25, 0.3) is 0 Å². The Morgan fingerprint density at radius 3 is 2.81 bits per heavy atom. The van der Waals surface area contributed by atoms with E-state index in [0.29, 0.717) is 16.7 Å². The van der Waals surface area contributed by atoms with Crippen LogP contribution in [0.2, 0.25) is 0 Å². The standard InChI is InChI=1S/C28H41NO2/c1-18-6-5-15-29-26(18)31-17-19(2)23-9-10-24-22-8-7-20-16-21(30)11-13-27(20,3)25(22)12-14-28(23,24)4/h5-7,15,19,21-25,30H,8-14,16-17H2,1-4H3/t19-,21+,22+,23-,24+,25+,27+,28-/m1/s1. The summed E-state index contributed by atoms with van der Waals surface area (Å²) in [6.45, 7) is 10.4. The number of ether oxygens (including phenoxy) is 1. The largest absolute Gasteiger partial charge is 0.477 e. The highest BCUT2D eigenvalue weighted by Gasteiger charge is 2.59. The molecule has 8 atom stereocenters. The fourth-order valence-corrected chi connectivity index (χ4v) is 8.57. The van der Waals surface area contributed by atoms with Gasteiger partial charge in [0, 0.05) is 11.8 Å². The number of aliphatic hydroxyl groups is 1. The van der Waals surface area contributed by atoms with Crippen molar-refractivity contribution in [2.75, 3.05) is 6.61 Å². The number of fused-ring (bicyclic) bond motifs is 5. The molecule has 0 aromatic carbocycles. The molecule has 0 amide bonds.